The first-order chi connectivity index (χ1) is 8.66. The molecule has 0 aliphatic heterocycles. The van der Waals surface area contributed by atoms with Crippen LogP contribution in [0.25, 0.3) is 0 Å². The summed E-state index contributed by atoms with van der Waals surface area (Å²) >= 11 is 5.73. The third-order valence-electron chi connectivity index (χ3n) is 2.86. The minimum Gasteiger partial charge on any atom is -0.297 e. The molecule has 0 aliphatic carbocycles. The molecule has 0 N–H and O–H groups in total. The largest absolute Gasteiger partial charge is 0.297 e. The molecule has 1 heterocycles. The fourth-order valence-corrected chi connectivity index (χ4v) is 2.16. The van der Waals surface area contributed by atoms with E-state index >= 15 is 0 Å². The quantitative estimate of drug-likeness (QED) is 0.794. The maximum Gasteiger partial charge on any atom is 0.254 e. The van der Waals surface area contributed by atoms with Gasteiger partial charge in [-0.2, -0.15) is 0 Å². The Labute approximate surface area is 111 Å². The van der Waals surface area contributed by atoms with Gasteiger partial charge in [0.1, 0.15) is 11.0 Å². The van der Waals surface area contributed by atoms with Crippen LogP contribution in [0.4, 0.5) is 0 Å². The molecule has 18 heavy (non-hydrogen) atoms. The molecule has 1 aromatic carbocycles. The van der Waals surface area contributed by atoms with Crippen LogP contribution in [0.1, 0.15) is 17.8 Å². The fourth-order valence-electron chi connectivity index (χ4n) is 1.94. The first-order valence-electron chi connectivity index (χ1n) is 5.95. The van der Waals surface area contributed by atoms with Gasteiger partial charge in [-0.1, -0.05) is 41.9 Å². The summed E-state index contributed by atoms with van der Waals surface area (Å²) in [7, 11) is 0. The Bertz CT molecular complexity index is 578. The third-order valence-corrected chi connectivity index (χ3v) is 3.05. The number of aromatic nitrogens is 2. The number of rotatable bonds is 4. The first kappa shape index (κ1) is 12.8. The van der Waals surface area contributed by atoms with E-state index in [1.807, 2.05) is 18.2 Å². The van der Waals surface area contributed by atoms with Crippen LogP contribution >= 0.6 is 11.6 Å². The van der Waals surface area contributed by atoms with E-state index in [1.165, 1.54) is 11.6 Å². The zero-order valence-electron chi connectivity index (χ0n) is 10.3. The zero-order valence-corrected chi connectivity index (χ0v) is 11.0. The minimum atomic E-state index is -0.0828. The first-order valence-corrected chi connectivity index (χ1v) is 6.32. The van der Waals surface area contributed by atoms with Crippen molar-refractivity contribution < 1.29 is 0 Å². The van der Waals surface area contributed by atoms with Gasteiger partial charge in [0.05, 0.1) is 0 Å². The number of halogens is 1. The molecule has 2 rings (SSSR count). The summed E-state index contributed by atoms with van der Waals surface area (Å²) in [5, 5.41) is 0.261. The monoisotopic (exact) mass is 262 g/mol. The van der Waals surface area contributed by atoms with Crippen molar-refractivity contribution >= 4 is 11.6 Å². The highest BCUT2D eigenvalue weighted by Crippen LogP contribution is 2.05. The Balaban J connectivity index is 2.01. The number of hydrogen-bond donors (Lipinski definition) is 0. The molecule has 0 radical (unpaired) electrons. The van der Waals surface area contributed by atoms with E-state index in [1.54, 1.807) is 11.5 Å². The van der Waals surface area contributed by atoms with E-state index in [4.69, 9.17) is 11.6 Å². The Morgan fingerprint density at radius 3 is 2.67 bits per heavy atom. The highest BCUT2D eigenvalue weighted by atomic mass is 35.5. The predicted molar refractivity (Wildman–Crippen MR) is 73.0 cm³/mol. The molecule has 0 atom stereocenters. The molecule has 1 aromatic heterocycles. The molecule has 0 saturated heterocycles. The molecule has 0 amide bonds. The molecule has 0 spiro atoms. The van der Waals surface area contributed by atoms with Crippen LogP contribution in [-0.4, -0.2) is 9.55 Å². The molecule has 0 saturated carbocycles. The van der Waals surface area contributed by atoms with Crippen molar-refractivity contribution in [1.82, 2.24) is 9.55 Å². The summed E-state index contributed by atoms with van der Waals surface area (Å²) in [6, 6.07) is 11.6. The Kier molecular flexibility index (Phi) is 4.15. The molecule has 94 valence electrons. The highest BCUT2D eigenvalue weighted by molar-refractivity contribution is 6.29. The molecular weight excluding hydrogens is 248 g/mol. The standard InChI is InChI=1S/C14H15ClN2O/c1-11-16-13(15)10-14(18)17(11)9-5-8-12-6-3-2-4-7-12/h2-4,6-7,10H,5,8-9H2,1H3. The van der Waals surface area contributed by atoms with Gasteiger partial charge in [-0.3, -0.25) is 9.36 Å². The average molecular weight is 263 g/mol. The van der Waals surface area contributed by atoms with Crippen LogP contribution in [0.15, 0.2) is 41.2 Å². The lowest BCUT2D eigenvalue weighted by atomic mass is 10.1. The van der Waals surface area contributed by atoms with Gasteiger partial charge in [-0.05, 0) is 25.3 Å². The van der Waals surface area contributed by atoms with Crippen molar-refractivity contribution in [3.8, 4) is 0 Å². The van der Waals surface area contributed by atoms with Crippen molar-refractivity contribution in [3.63, 3.8) is 0 Å². The molecular formula is C14H15ClN2O. The Morgan fingerprint density at radius 1 is 1.28 bits per heavy atom. The smallest absolute Gasteiger partial charge is 0.254 e. The van der Waals surface area contributed by atoms with Gasteiger partial charge >= 0.3 is 0 Å². The molecule has 0 fully saturated rings. The van der Waals surface area contributed by atoms with Gasteiger partial charge in [0.25, 0.3) is 5.56 Å². The average Bonchev–Trinajstić information content (AvgIpc) is 2.34. The summed E-state index contributed by atoms with van der Waals surface area (Å²) in [5.74, 6) is 0.667. The van der Waals surface area contributed by atoms with E-state index in [9.17, 15) is 4.79 Å². The number of nitrogens with zero attached hydrogens (tertiary/aromatic N) is 2. The number of hydrogen-bond acceptors (Lipinski definition) is 2. The van der Waals surface area contributed by atoms with Gasteiger partial charge in [0.15, 0.2) is 0 Å². The maximum absolute atomic E-state index is 11.7. The normalized spacial score (nSPS) is 10.6. The third kappa shape index (κ3) is 3.20. The van der Waals surface area contributed by atoms with Gasteiger partial charge in [0.2, 0.25) is 0 Å². The summed E-state index contributed by atoms with van der Waals surface area (Å²) in [5.41, 5.74) is 1.20. The molecule has 0 unspecified atom stereocenters. The Morgan fingerprint density at radius 2 is 2.00 bits per heavy atom. The van der Waals surface area contributed by atoms with Crippen molar-refractivity contribution in [3.05, 3.63) is 63.3 Å². The van der Waals surface area contributed by atoms with E-state index < -0.39 is 0 Å². The predicted octanol–water partition coefficient (Wildman–Crippen LogP) is 2.84. The molecule has 4 heteroatoms. The van der Waals surface area contributed by atoms with Gasteiger partial charge < -0.3 is 0 Å². The van der Waals surface area contributed by atoms with Crippen molar-refractivity contribution in [2.24, 2.45) is 0 Å². The number of aryl methyl sites for hydroxylation is 2. The van der Waals surface area contributed by atoms with Gasteiger partial charge in [0, 0.05) is 12.6 Å². The van der Waals surface area contributed by atoms with Crippen molar-refractivity contribution in [2.45, 2.75) is 26.3 Å². The van der Waals surface area contributed by atoms with E-state index in [0.717, 1.165) is 12.8 Å². The summed E-state index contributed by atoms with van der Waals surface area (Å²) < 4.78 is 1.66. The van der Waals surface area contributed by atoms with Crippen LogP contribution in [0.5, 0.6) is 0 Å². The Hall–Kier alpha value is -1.61. The van der Waals surface area contributed by atoms with Gasteiger partial charge in [-0.15, -0.1) is 0 Å². The minimum absolute atomic E-state index is 0.0828. The second kappa shape index (κ2) is 5.83. The summed E-state index contributed by atoms with van der Waals surface area (Å²) in [6.07, 6.45) is 1.86. The van der Waals surface area contributed by atoms with Crippen LogP contribution in [0, 0.1) is 6.92 Å². The molecule has 0 aliphatic rings. The second-order valence-corrected chi connectivity index (χ2v) is 4.59. The van der Waals surface area contributed by atoms with E-state index in [2.05, 4.69) is 17.1 Å². The molecule has 2 aromatic rings. The molecule has 0 bridgehead atoms. The molecule has 3 nitrogen and oxygen atoms in total. The highest BCUT2D eigenvalue weighted by Gasteiger charge is 2.03. The van der Waals surface area contributed by atoms with Crippen LogP contribution in [0.2, 0.25) is 5.15 Å². The zero-order chi connectivity index (χ0) is 13.0. The van der Waals surface area contributed by atoms with Crippen molar-refractivity contribution in [2.75, 3.05) is 0 Å². The van der Waals surface area contributed by atoms with E-state index in [-0.39, 0.29) is 10.7 Å². The SMILES string of the molecule is Cc1nc(Cl)cc(=O)n1CCCc1ccccc1. The summed E-state index contributed by atoms with van der Waals surface area (Å²) in [4.78, 5) is 15.8. The van der Waals surface area contributed by atoms with Crippen LogP contribution < -0.4 is 5.56 Å². The van der Waals surface area contributed by atoms with Crippen molar-refractivity contribution in [1.29, 1.82) is 0 Å². The fraction of sp³-hybridized carbons (Fsp3) is 0.286. The van der Waals surface area contributed by atoms with E-state index in [0.29, 0.717) is 12.4 Å². The van der Waals surface area contributed by atoms with Gasteiger partial charge in [-0.25, -0.2) is 4.98 Å². The lowest BCUT2D eigenvalue weighted by Gasteiger charge is -2.08. The van der Waals surface area contributed by atoms with Crippen LogP contribution in [-0.2, 0) is 13.0 Å². The lowest BCUT2D eigenvalue weighted by molar-refractivity contribution is 0.592. The summed E-state index contributed by atoms with van der Waals surface area (Å²) in [6.45, 7) is 2.47. The topological polar surface area (TPSA) is 34.9 Å². The number of benzene rings is 1. The maximum atomic E-state index is 11.7. The second-order valence-electron chi connectivity index (χ2n) is 4.21. The van der Waals surface area contributed by atoms with Crippen LogP contribution in [0.3, 0.4) is 0 Å². The lowest BCUT2D eigenvalue weighted by Crippen LogP contribution is -2.23.